The van der Waals surface area contributed by atoms with E-state index >= 15 is 4.79 Å². The molecule has 12 nitrogen and oxygen atoms in total. The van der Waals surface area contributed by atoms with Crippen molar-refractivity contribution < 1.29 is 38.1 Å². The number of fused-ring (bicyclic) bond motifs is 6. The van der Waals surface area contributed by atoms with Gasteiger partial charge in [-0.3, -0.25) is 19.4 Å². The molecule has 312 valence electrons. The number of aromatic amines is 1. The van der Waals surface area contributed by atoms with Crippen molar-refractivity contribution in [2.75, 3.05) is 54.6 Å². The summed E-state index contributed by atoms with van der Waals surface area (Å²) in [5.41, 5.74) is 1.52. The lowest BCUT2D eigenvalue weighted by Gasteiger charge is -2.58. The molecule has 4 fully saturated rings. The number of benzene rings is 1. The van der Waals surface area contributed by atoms with Gasteiger partial charge in [-0.15, -0.1) is 0 Å². The van der Waals surface area contributed by atoms with E-state index in [1.807, 2.05) is 13.1 Å². The number of ether oxygens (including phenoxy) is 5. The summed E-state index contributed by atoms with van der Waals surface area (Å²) in [5.74, 6) is -1.83. The Bertz CT molecular complexity index is 2330. The van der Waals surface area contributed by atoms with Gasteiger partial charge in [-0.25, -0.2) is 4.79 Å². The van der Waals surface area contributed by atoms with Crippen molar-refractivity contribution in [3.8, 4) is 0 Å². The Balaban J connectivity index is 1.26. The summed E-state index contributed by atoms with van der Waals surface area (Å²) in [7, 11) is 6.55. The van der Waals surface area contributed by atoms with Crippen LogP contribution in [0.15, 0.2) is 72.0 Å². The second kappa shape index (κ2) is 13.0. The largest absolute Gasteiger partial charge is 0.468 e. The summed E-state index contributed by atoms with van der Waals surface area (Å²) in [6.07, 6.45) is 14.2. The van der Waals surface area contributed by atoms with Crippen molar-refractivity contribution in [1.29, 1.82) is 0 Å². The van der Waals surface area contributed by atoms with Crippen LogP contribution < -0.4 is 0 Å². The third kappa shape index (κ3) is 4.51. The monoisotopic (exact) mass is 804 g/mol. The van der Waals surface area contributed by atoms with Crippen LogP contribution in [0.1, 0.15) is 63.3 Å². The molecule has 7 heterocycles. The number of rotatable bonds is 8. The molecule has 2 spiro atoms. The van der Waals surface area contributed by atoms with E-state index < -0.39 is 57.6 Å². The fourth-order valence-electron chi connectivity index (χ4n) is 13.9. The number of nitrogens with one attached hydrogen (secondary N) is 1. The van der Waals surface area contributed by atoms with E-state index in [2.05, 4.69) is 88.7 Å². The van der Waals surface area contributed by atoms with Gasteiger partial charge in [-0.05, 0) is 73.1 Å². The van der Waals surface area contributed by atoms with Gasteiger partial charge in [0.1, 0.15) is 5.41 Å². The SMILES string of the molecule is C=Cc1ccc2[nH]c3c(c2c1)CN1CC(CC)=C[C@@H](C1)C[C@]3(C(=O)OC)C1C=C2C(=CC1OC)N(C)[C@@]13O[C@]1(C(=O)OC)[C@H](OC(C)=O)[C@]1(CC)C=CCN4CC[C@]23[C@@H]41. The molecule has 0 amide bonds. The smallest absolute Gasteiger partial charge is 0.347 e. The molecule has 11 atom stereocenters. The second-order valence-electron chi connectivity index (χ2n) is 18.1. The number of epoxide rings is 1. The first-order chi connectivity index (χ1) is 28.4. The van der Waals surface area contributed by atoms with Crippen LogP contribution in [0.25, 0.3) is 17.0 Å². The standard InChI is InChI=1S/C47H56N4O8/c1-9-28-13-14-35-31(20-28)32-26-50-24-29(10-2)19-30(25-50)23-44(38(32)48-35,41(53)56-7)34-21-33-36(22-37(34)55-6)49(5)47-45(33)16-18-51-17-12-15-43(11-3,39(45)51)40(58-27(4)52)46(47,59-47)42(54)57-8/h9,12-15,19-22,30,34,37,39-40,48H,1,10-11,16-18,23-26H2,2-8H3/t30-,34?,37?,39+,40-,43-,44+,45-,46+,47+/m1/s1. The molecular weight excluding hydrogens is 749 g/mol. The maximum Gasteiger partial charge on any atom is 0.347 e. The molecule has 2 aromatic rings. The predicted octanol–water partition coefficient (Wildman–Crippen LogP) is 5.40. The quantitative estimate of drug-likeness (QED) is 0.160. The number of esters is 3. The molecule has 1 aromatic heterocycles. The minimum Gasteiger partial charge on any atom is -0.468 e. The van der Waals surface area contributed by atoms with Crippen LogP contribution in [0.3, 0.4) is 0 Å². The molecule has 59 heavy (non-hydrogen) atoms. The molecular formula is C47H56N4O8. The summed E-state index contributed by atoms with van der Waals surface area (Å²) in [4.78, 5) is 53.9. The van der Waals surface area contributed by atoms with Crippen LogP contribution in [-0.2, 0) is 50.0 Å². The first-order valence-electron chi connectivity index (χ1n) is 21.3. The van der Waals surface area contributed by atoms with Crippen LogP contribution in [0.5, 0.6) is 0 Å². The van der Waals surface area contributed by atoms with E-state index in [4.69, 9.17) is 23.7 Å². The molecule has 1 saturated carbocycles. The predicted molar refractivity (Wildman–Crippen MR) is 220 cm³/mol. The minimum atomic E-state index is -1.62. The average molecular weight is 805 g/mol. The van der Waals surface area contributed by atoms with Crippen LogP contribution in [0.4, 0.5) is 0 Å². The molecule has 0 radical (unpaired) electrons. The lowest BCUT2D eigenvalue weighted by Crippen LogP contribution is -2.73. The number of likely N-dealkylation sites (tertiary alicyclic amines) is 1. The number of nitrogens with zero attached hydrogens (tertiary/aromatic N) is 3. The number of carbonyl (C=O) groups is 3. The van der Waals surface area contributed by atoms with Crippen molar-refractivity contribution in [3.63, 3.8) is 0 Å². The summed E-state index contributed by atoms with van der Waals surface area (Å²) in [6, 6.07) is 6.11. The highest BCUT2D eigenvalue weighted by atomic mass is 16.7. The van der Waals surface area contributed by atoms with Gasteiger partial charge in [0.2, 0.25) is 0 Å². The van der Waals surface area contributed by atoms with Gasteiger partial charge in [0.05, 0.1) is 25.7 Å². The summed E-state index contributed by atoms with van der Waals surface area (Å²) in [5, 5.41) is 1.06. The average Bonchev–Trinajstić information content (AvgIpc) is 3.53. The number of hydrogen-bond donors (Lipinski definition) is 1. The van der Waals surface area contributed by atoms with Crippen molar-refractivity contribution in [1.82, 2.24) is 19.7 Å². The second-order valence-corrected chi connectivity index (χ2v) is 18.1. The van der Waals surface area contributed by atoms with E-state index in [1.54, 1.807) is 7.11 Å². The normalized spacial score (nSPS) is 39.8. The fourth-order valence-corrected chi connectivity index (χ4v) is 13.9. The molecule has 1 aromatic carbocycles. The third-order valence-corrected chi connectivity index (χ3v) is 15.9. The number of aromatic nitrogens is 1. The molecule has 2 bridgehead atoms. The number of hydrogen-bond acceptors (Lipinski definition) is 11. The van der Waals surface area contributed by atoms with Gasteiger partial charge >= 0.3 is 17.9 Å². The number of carbonyl (C=O) groups excluding carboxylic acids is 3. The van der Waals surface area contributed by atoms with Gasteiger partial charge in [0.25, 0.3) is 5.60 Å². The van der Waals surface area contributed by atoms with Crippen LogP contribution in [0, 0.1) is 22.7 Å². The van der Waals surface area contributed by atoms with Gasteiger partial charge in [-0.2, -0.15) is 0 Å². The highest BCUT2D eigenvalue weighted by Crippen LogP contribution is 2.82. The van der Waals surface area contributed by atoms with Crippen molar-refractivity contribution in [3.05, 3.63) is 88.8 Å². The lowest BCUT2D eigenvalue weighted by atomic mass is 9.48. The van der Waals surface area contributed by atoms with Gasteiger partial charge in [0, 0.05) is 86.9 Å². The maximum absolute atomic E-state index is 15.3. The molecule has 3 unspecified atom stereocenters. The Hall–Kier alpha value is -4.49. The molecule has 3 saturated heterocycles. The van der Waals surface area contributed by atoms with E-state index in [9.17, 15) is 9.59 Å². The summed E-state index contributed by atoms with van der Waals surface area (Å²) in [6.45, 7) is 13.6. The number of likely N-dealkylation sites (N-methyl/N-ethyl adjacent to an activating group) is 1. The van der Waals surface area contributed by atoms with Gasteiger partial charge in [-0.1, -0.05) is 62.4 Å². The molecule has 1 N–H and O–H groups in total. The molecule has 8 aliphatic rings. The summed E-state index contributed by atoms with van der Waals surface area (Å²) < 4.78 is 31.7. The maximum atomic E-state index is 15.3. The van der Waals surface area contributed by atoms with E-state index in [-0.39, 0.29) is 17.9 Å². The zero-order chi connectivity index (χ0) is 41.4. The summed E-state index contributed by atoms with van der Waals surface area (Å²) >= 11 is 0. The van der Waals surface area contributed by atoms with E-state index in [0.717, 1.165) is 65.0 Å². The Labute approximate surface area is 345 Å². The molecule has 6 aliphatic heterocycles. The molecule has 12 heteroatoms. The Morgan fingerprint density at radius 3 is 2.56 bits per heavy atom. The Morgan fingerprint density at radius 2 is 1.86 bits per heavy atom. The lowest BCUT2D eigenvalue weighted by molar-refractivity contribution is -0.182. The number of allylic oxidation sites excluding steroid dienone is 1. The first-order valence-corrected chi connectivity index (χ1v) is 21.3. The van der Waals surface area contributed by atoms with Crippen LogP contribution in [-0.4, -0.2) is 122 Å². The fraction of sp³-hybridized carbons (Fsp3) is 0.553. The zero-order valence-electron chi connectivity index (χ0n) is 35.3. The van der Waals surface area contributed by atoms with Crippen molar-refractivity contribution >= 4 is 34.9 Å². The first kappa shape index (κ1) is 38.7. The highest BCUT2D eigenvalue weighted by Gasteiger charge is 2.99. The minimum absolute atomic E-state index is 0.0641. The van der Waals surface area contributed by atoms with E-state index in [1.165, 1.54) is 26.7 Å². The molecule has 10 rings (SSSR count). The number of H-pyrrole nitrogens is 1. The Kier molecular flexibility index (Phi) is 8.53. The zero-order valence-corrected chi connectivity index (χ0v) is 35.3. The molecule has 2 aliphatic carbocycles. The van der Waals surface area contributed by atoms with Crippen LogP contribution >= 0.6 is 0 Å². The Morgan fingerprint density at radius 1 is 1.07 bits per heavy atom. The van der Waals surface area contributed by atoms with Gasteiger partial charge in [0.15, 0.2) is 11.8 Å². The van der Waals surface area contributed by atoms with Crippen molar-refractivity contribution in [2.45, 2.75) is 88.0 Å². The van der Waals surface area contributed by atoms with Gasteiger partial charge < -0.3 is 33.6 Å². The van der Waals surface area contributed by atoms with Crippen molar-refractivity contribution in [2.24, 2.45) is 22.7 Å². The number of methoxy groups -OCH3 is 3. The highest BCUT2D eigenvalue weighted by molar-refractivity contribution is 5.93. The third-order valence-electron chi connectivity index (χ3n) is 15.9. The van der Waals surface area contributed by atoms with E-state index in [0.29, 0.717) is 32.4 Å². The topological polar surface area (TPSA) is 126 Å². The van der Waals surface area contributed by atoms with Crippen LogP contribution in [0.2, 0.25) is 0 Å².